The van der Waals surface area contributed by atoms with Crippen molar-refractivity contribution in [1.82, 2.24) is 0 Å². The van der Waals surface area contributed by atoms with Gasteiger partial charge in [-0.1, -0.05) is 39.0 Å². The maximum atomic E-state index is 8.45. The van der Waals surface area contributed by atoms with Gasteiger partial charge in [0.2, 0.25) is 0 Å². The van der Waals surface area contributed by atoms with Crippen molar-refractivity contribution in [3.8, 4) is 0 Å². The van der Waals surface area contributed by atoms with Crippen LogP contribution in [0.4, 0.5) is 0 Å². The molecule has 0 radical (unpaired) electrons. The van der Waals surface area contributed by atoms with Crippen molar-refractivity contribution >= 4 is 0 Å². The van der Waals surface area contributed by atoms with Gasteiger partial charge >= 0.3 is 0 Å². The molecule has 0 spiro atoms. The van der Waals surface area contributed by atoms with E-state index in [9.17, 15) is 0 Å². The number of aliphatic hydroxyl groups is 4. The van der Waals surface area contributed by atoms with Crippen LogP contribution in [0.1, 0.15) is 51.9 Å². The summed E-state index contributed by atoms with van der Waals surface area (Å²) in [6, 6.07) is 0. The summed E-state index contributed by atoms with van der Waals surface area (Å²) in [6.45, 7) is 2.25. The van der Waals surface area contributed by atoms with Crippen LogP contribution in [0.3, 0.4) is 0 Å². The van der Waals surface area contributed by atoms with Crippen molar-refractivity contribution in [2.24, 2.45) is 0 Å². The molecule has 0 heterocycles. The van der Waals surface area contributed by atoms with Crippen LogP contribution in [0.5, 0.6) is 0 Å². The van der Waals surface area contributed by atoms with Gasteiger partial charge in [0, 0.05) is 13.2 Å². The van der Waals surface area contributed by atoms with E-state index in [4.69, 9.17) is 20.4 Å². The van der Waals surface area contributed by atoms with Gasteiger partial charge in [-0.05, 0) is 12.8 Å². The van der Waals surface area contributed by atoms with Crippen LogP contribution < -0.4 is 0 Å². The molecule has 0 amide bonds. The Labute approximate surface area is 98.9 Å². The Kier molecular flexibility index (Phi) is 19.6. The van der Waals surface area contributed by atoms with E-state index in [0.717, 1.165) is 6.42 Å². The summed E-state index contributed by atoms with van der Waals surface area (Å²) in [5.74, 6) is 0. The van der Waals surface area contributed by atoms with Crippen molar-refractivity contribution in [3.63, 3.8) is 0 Å². The Morgan fingerprint density at radius 1 is 0.812 bits per heavy atom. The summed E-state index contributed by atoms with van der Waals surface area (Å²) in [4.78, 5) is 0. The highest BCUT2D eigenvalue weighted by atomic mass is 16.3. The van der Waals surface area contributed by atoms with Gasteiger partial charge in [0.15, 0.2) is 0 Å². The molecular weight excluding hydrogens is 208 g/mol. The summed E-state index contributed by atoms with van der Waals surface area (Å²) in [5.41, 5.74) is 0. The van der Waals surface area contributed by atoms with Gasteiger partial charge in [-0.2, -0.15) is 0 Å². The lowest BCUT2D eigenvalue weighted by Crippen LogP contribution is -2.12. The largest absolute Gasteiger partial charge is 0.396 e. The molecule has 0 aliphatic rings. The molecule has 16 heavy (non-hydrogen) atoms. The van der Waals surface area contributed by atoms with E-state index >= 15 is 0 Å². The molecule has 4 N–H and O–H groups in total. The summed E-state index contributed by atoms with van der Waals surface area (Å²) in [6.07, 6.45) is 7.01. The monoisotopic (exact) mass is 236 g/mol. The average molecular weight is 236 g/mol. The van der Waals surface area contributed by atoms with Crippen LogP contribution in [0.15, 0.2) is 0 Å². The fraction of sp³-hybridized carbons (Fsp3) is 1.00. The third-order valence-corrected chi connectivity index (χ3v) is 2.18. The van der Waals surface area contributed by atoms with Crippen LogP contribution in [0.25, 0.3) is 0 Å². The summed E-state index contributed by atoms with van der Waals surface area (Å²) >= 11 is 0. The molecule has 100 valence electrons. The topological polar surface area (TPSA) is 80.9 Å². The SMILES string of the molecule is CCCCCCCCO.OCCC(O)CO. The van der Waals surface area contributed by atoms with Crippen molar-refractivity contribution in [2.75, 3.05) is 19.8 Å². The molecule has 0 fully saturated rings. The van der Waals surface area contributed by atoms with E-state index in [1.807, 2.05) is 0 Å². The quantitative estimate of drug-likeness (QED) is 0.451. The molecule has 0 bridgehead atoms. The maximum absolute atomic E-state index is 8.45. The first-order valence-corrected chi connectivity index (χ1v) is 6.23. The minimum absolute atomic E-state index is 0.0677. The Bertz CT molecular complexity index is 103. The second-order valence-corrected chi connectivity index (χ2v) is 3.84. The lowest BCUT2D eigenvalue weighted by molar-refractivity contribution is 0.0721. The van der Waals surface area contributed by atoms with E-state index in [-0.39, 0.29) is 19.6 Å². The van der Waals surface area contributed by atoms with Crippen molar-refractivity contribution in [3.05, 3.63) is 0 Å². The second kappa shape index (κ2) is 17.2. The number of unbranched alkanes of at least 4 members (excludes halogenated alkanes) is 5. The first kappa shape index (κ1) is 18.2. The molecule has 4 heteroatoms. The fourth-order valence-electron chi connectivity index (χ4n) is 1.13. The van der Waals surface area contributed by atoms with Crippen LogP contribution in [-0.4, -0.2) is 46.4 Å². The highest BCUT2D eigenvalue weighted by Crippen LogP contribution is 2.03. The first-order valence-electron chi connectivity index (χ1n) is 6.23. The van der Waals surface area contributed by atoms with Gasteiger partial charge in [0.05, 0.1) is 12.7 Å². The van der Waals surface area contributed by atoms with Gasteiger partial charge in [-0.15, -0.1) is 0 Å². The zero-order valence-corrected chi connectivity index (χ0v) is 10.4. The standard InChI is InChI=1S/C8H18O.C4H10O3/c1-2-3-4-5-6-7-8-9;5-2-1-4(7)3-6/h9H,2-8H2,1H3;4-7H,1-3H2. The molecular formula is C12H28O4. The van der Waals surface area contributed by atoms with E-state index < -0.39 is 6.10 Å². The Morgan fingerprint density at radius 2 is 1.38 bits per heavy atom. The van der Waals surface area contributed by atoms with Crippen molar-refractivity contribution in [2.45, 2.75) is 58.0 Å². The van der Waals surface area contributed by atoms with Gasteiger partial charge in [0.1, 0.15) is 0 Å². The predicted molar refractivity (Wildman–Crippen MR) is 65.3 cm³/mol. The zero-order valence-electron chi connectivity index (χ0n) is 10.4. The predicted octanol–water partition coefficient (Wildman–Crippen LogP) is 1.06. The molecule has 0 aliphatic carbocycles. The molecule has 0 aromatic heterocycles. The summed E-state index contributed by atoms with van der Waals surface area (Å²) in [7, 11) is 0. The minimum atomic E-state index is -0.745. The zero-order chi connectivity index (χ0) is 12.6. The first-order chi connectivity index (χ1) is 7.72. The van der Waals surface area contributed by atoms with Crippen molar-refractivity contribution < 1.29 is 20.4 Å². The molecule has 0 saturated carbocycles. The fourth-order valence-corrected chi connectivity index (χ4v) is 1.13. The average Bonchev–Trinajstić information content (AvgIpc) is 2.30. The minimum Gasteiger partial charge on any atom is -0.396 e. The van der Waals surface area contributed by atoms with Gasteiger partial charge in [-0.25, -0.2) is 0 Å². The van der Waals surface area contributed by atoms with Crippen LogP contribution in [-0.2, 0) is 0 Å². The van der Waals surface area contributed by atoms with Crippen LogP contribution in [0, 0.1) is 0 Å². The maximum Gasteiger partial charge on any atom is 0.0792 e. The molecule has 0 aliphatic heterocycles. The normalized spacial score (nSPS) is 11.8. The van der Waals surface area contributed by atoms with Gasteiger partial charge in [-0.3, -0.25) is 0 Å². The highest BCUT2D eigenvalue weighted by molar-refractivity contribution is 4.48. The number of hydrogen-bond acceptors (Lipinski definition) is 4. The lowest BCUT2D eigenvalue weighted by Gasteiger charge is -2.00. The van der Waals surface area contributed by atoms with Gasteiger partial charge < -0.3 is 20.4 Å². The Hall–Kier alpha value is -0.160. The molecule has 4 nitrogen and oxygen atoms in total. The molecule has 0 rings (SSSR count). The molecule has 1 unspecified atom stereocenters. The molecule has 0 aromatic carbocycles. The van der Waals surface area contributed by atoms with Crippen LogP contribution >= 0.6 is 0 Å². The number of aliphatic hydroxyl groups excluding tert-OH is 4. The Balaban J connectivity index is 0. The summed E-state index contributed by atoms with van der Waals surface area (Å²) < 4.78 is 0. The Morgan fingerprint density at radius 3 is 1.75 bits per heavy atom. The van der Waals surface area contributed by atoms with Crippen molar-refractivity contribution in [1.29, 1.82) is 0 Å². The molecule has 0 saturated heterocycles. The van der Waals surface area contributed by atoms with E-state index in [1.54, 1.807) is 0 Å². The third kappa shape index (κ3) is 19.4. The second-order valence-electron chi connectivity index (χ2n) is 3.84. The van der Waals surface area contributed by atoms with Crippen LogP contribution in [0.2, 0.25) is 0 Å². The third-order valence-electron chi connectivity index (χ3n) is 2.18. The lowest BCUT2D eigenvalue weighted by atomic mass is 10.1. The number of hydrogen-bond donors (Lipinski definition) is 4. The number of rotatable bonds is 9. The molecule has 1 atom stereocenters. The van der Waals surface area contributed by atoms with E-state index in [2.05, 4.69) is 6.92 Å². The smallest absolute Gasteiger partial charge is 0.0792 e. The van der Waals surface area contributed by atoms with E-state index in [0.29, 0.717) is 6.61 Å². The van der Waals surface area contributed by atoms with E-state index in [1.165, 1.54) is 32.1 Å². The highest BCUT2D eigenvalue weighted by Gasteiger charge is 1.96. The summed E-state index contributed by atoms with van der Waals surface area (Å²) in [5, 5.41) is 33.1. The molecule has 0 aromatic rings. The van der Waals surface area contributed by atoms with Gasteiger partial charge in [0.25, 0.3) is 0 Å².